The van der Waals surface area contributed by atoms with Crippen LogP contribution in [0.5, 0.6) is 5.75 Å². The number of ether oxygens (including phenoxy) is 4. The largest absolute Gasteiger partial charge is 0.496 e. The number of unbranched alkanes of at least 4 members (excludes halogenated alkanes) is 11. The van der Waals surface area contributed by atoms with E-state index in [-0.39, 0.29) is 38.3 Å². The summed E-state index contributed by atoms with van der Waals surface area (Å²) in [6.07, 6.45) is 19.3. The molecule has 2 N–H and O–H groups in total. The molecule has 0 radical (unpaired) electrons. The number of methoxy groups -OCH3 is 2. The average Bonchev–Trinajstić information content (AvgIpc) is 3.25. The zero-order valence-electron chi connectivity index (χ0n) is 35.7. The smallest absolute Gasteiger partial charge is 0.425 e. The number of nitrogens with one attached hydrogen (secondary N) is 2. The molecule has 14 heteroatoms. The van der Waals surface area contributed by atoms with E-state index in [0.717, 1.165) is 25.7 Å². The predicted molar refractivity (Wildman–Crippen MR) is 231 cm³/mol. The maximum Gasteiger partial charge on any atom is 0.425 e. The van der Waals surface area contributed by atoms with Gasteiger partial charge >= 0.3 is 22.4 Å². The second-order valence-corrected chi connectivity index (χ2v) is 16.5. The van der Waals surface area contributed by atoms with Crippen LogP contribution in [0.15, 0.2) is 78.5 Å². The van der Waals surface area contributed by atoms with Crippen LogP contribution in [0.2, 0.25) is 0 Å². The Balaban J connectivity index is 1.51. The Hall–Kier alpha value is -4.40. The Morgan fingerprint density at radius 3 is 2.05 bits per heavy atom. The summed E-state index contributed by atoms with van der Waals surface area (Å²) in [6.45, 7) is 3.65. The van der Waals surface area contributed by atoms with E-state index in [1.54, 1.807) is 60.7 Å². The van der Waals surface area contributed by atoms with Gasteiger partial charge in [0.1, 0.15) is 25.1 Å². The number of hydrogen-bond acceptors (Lipinski definition) is 9. The van der Waals surface area contributed by atoms with Gasteiger partial charge in [-0.05, 0) is 36.6 Å². The van der Waals surface area contributed by atoms with Gasteiger partial charge in [0.05, 0.1) is 25.8 Å². The standard InChI is InChI=1S/C45H68N4O9S/c1-5-7-8-9-10-11-12-13-14-15-16-20-28-38(25-6-2)47-59(53,54)49(34-37-26-18-17-19-27-37)45(52)58-36-40(55-3)35-57-44(51)46-33-39-29-23-24-32-48(39)43(50)41-30-21-22-31-42(41)56-4/h17-19,21-24,26-27,29-31,38,40,47H,5-16,20,25,28,32-36H2,1-4H3,(H,46,51). The normalized spacial score (nSPS) is 13.6. The molecule has 0 spiro atoms. The van der Waals surface area contributed by atoms with Gasteiger partial charge in [-0.3, -0.25) is 4.79 Å². The molecule has 0 aromatic heterocycles. The van der Waals surface area contributed by atoms with Gasteiger partial charge in [-0.25, -0.2) is 9.59 Å². The highest BCUT2D eigenvalue weighted by molar-refractivity contribution is 7.87. The van der Waals surface area contributed by atoms with E-state index in [0.29, 0.717) is 46.3 Å². The summed E-state index contributed by atoms with van der Waals surface area (Å²) in [5, 5.41) is 2.65. The number of rotatable bonds is 29. The number of carbonyl (C=O) groups excluding carboxylic acids is 3. The molecule has 1 aliphatic heterocycles. The molecule has 13 nitrogen and oxygen atoms in total. The van der Waals surface area contributed by atoms with Crippen LogP contribution < -0.4 is 14.8 Å². The van der Waals surface area contributed by atoms with E-state index >= 15 is 0 Å². The van der Waals surface area contributed by atoms with Crippen molar-refractivity contribution in [3.63, 3.8) is 0 Å². The molecular weight excluding hydrogens is 773 g/mol. The highest BCUT2D eigenvalue weighted by atomic mass is 32.2. The SMILES string of the molecule is CCCCCCCCCCCCCCC(CCC)NS(=O)(=O)N(Cc1ccccc1)C(=O)OCC(COC(=O)NCC1=CC=CCN1C(=O)c1ccccc1OC)OC. The zero-order valence-corrected chi connectivity index (χ0v) is 36.5. The third-order valence-electron chi connectivity index (χ3n) is 10.2. The summed E-state index contributed by atoms with van der Waals surface area (Å²) in [6, 6.07) is 15.4. The minimum Gasteiger partial charge on any atom is -0.496 e. The van der Waals surface area contributed by atoms with Crippen molar-refractivity contribution in [1.29, 1.82) is 0 Å². The lowest BCUT2D eigenvalue weighted by Gasteiger charge is -2.27. The van der Waals surface area contributed by atoms with Gasteiger partial charge in [-0.2, -0.15) is 17.4 Å². The lowest BCUT2D eigenvalue weighted by molar-refractivity contribution is -0.00787. The molecule has 328 valence electrons. The number of hydrogen-bond donors (Lipinski definition) is 2. The van der Waals surface area contributed by atoms with Crippen molar-refractivity contribution < 1.29 is 41.7 Å². The molecule has 2 atom stereocenters. The summed E-state index contributed by atoms with van der Waals surface area (Å²) in [4.78, 5) is 41.1. The van der Waals surface area contributed by atoms with E-state index < -0.39 is 28.5 Å². The highest BCUT2D eigenvalue weighted by Crippen LogP contribution is 2.23. The van der Waals surface area contributed by atoms with Crippen LogP contribution in [0, 0.1) is 0 Å². The fourth-order valence-electron chi connectivity index (χ4n) is 6.80. The van der Waals surface area contributed by atoms with Gasteiger partial charge in [-0.1, -0.05) is 152 Å². The molecule has 0 fully saturated rings. The van der Waals surface area contributed by atoms with Crippen molar-refractivity contribution in [2.45, 2.75) is 129 Å². The number of benzene rings is 2. The number of allylic oxidation sites excluding steroid dienone is 2. The molecule has 0 aliphatic carbocycles. The molecule has 2 aromatic rings. The Bertz CT molecular complexity index is 1700. The minimum absolute atomic E-state index is 0.00562. The maximum atomic E-state index is 13.9. The minimum atomic E-state index is -4.31. The van der Waals surface area contributed by atoms with Crippen molar-refractivity contribution in [1.82, 2.24) is 19.2 Å². The van der Waals surface area contributed by atoms with E-state index in [1.165, 1.54) is 76.9 Å². The Kier molecular flexibility index (Phi) is 23.4. The molecule has 2 unspecified atom stereocenters. The number of carbonyl (C=O) groups is 3. The van der Waals surface area contributed by atoms with E-state index in [4.69, 9.17) is 18.9 Å². The van der Waals surface area contributed by atoms with Crippen molar-refractivity contribution in [3.8, 4) is 5.75 Å². The molecule has 3 rings (SSSR count). The van der Waals surface area contributed by atoms with Crippen molar-refractivity contribution in [2.24, 2.45) is 0 Å². The van der Waals surface area contributed by atoms with Crippen LogP contribution >= 0.6 is 0 Å². The summed E-state index contributed by atoms with van der Waals surface area (Å²) in [5.41, 5.74) is 1.54. The van der Waals surface area contributed by atoms with E-state index in [2.05, 4.69) is 17.0 Å². The van der Waals surface area contributed by atoms with Gasteiger partial charge in [0.2, 0.25) is 0 Å². The van der Waals surface area contributed by atoms with Gasteiger partial charge < -0.3 is 29.2 Å². The molecule has 0 saturated heterocycles. The predicted octanol–water partition coefficient (Wildman–Crippen LogP) is 9.07. The Morgan fingerprint density at radius 2 is 1.41 bits per heavy atom. The lowest BCUT2D eigenvalue weighted by Crippen LogP contribution is -2.48. The molecule has 59 heavy (non-hydrogen) atoms. The highest BCUT2D eigenvalue weighted by Gasteiger charge is 2.32. The molecular formula is C45H68N4O9S. The maximum absolute atomic E-state index is 13.9. The molecule has 1 aliphatic rings. The van der Waals surface area contributed by atoms with Gasteiger partial charge in [0.25, 0.3) is 5.91 Å². The third-order valence-corrected chi connectivity index (χ3v) is 11.7. The molecule has 0 bridgehead atoms. The first-order valence-electron chi connectivity index (χ1n) is 21.4. The van der Waals surface area contributed by atoms with Crippen LogP contribution in [0.1, 0.15) is 126 Å². The first-order valence-corrected chi connectivity index (χ1v) is 22.8. The summed E-state index contributed by atoms with van der Waals surface area (Å²) < 4.78 is 52.8. The zero-order chi connectivity index (χ0) is 42.7. The molecule has 0 saturated carbocycles. The quantitative estimate of drug-likeness (QED) is 0.0765. The lowest BCUT2D eigenvalue weighted by atomic mass is 10.0. The van der Waals surface area contributed by atoms with Crippen LogP contribution in [-0.2, 0) is 31.0 Å². The van der Waals surface area contributed by atoms with Crippen LogP contribution in [0.25, 0.3) is 0 Å². The summed E-state index contributed by atoms with van der Waals surface area (Å²) in [7, 11) is -1.45. The van der Waals surface area contributed by atoms with Crippen molar-refractivity contribution in [3.05, 3.63) is 89.6 Å². The van der Waals surface area contributed by atoms with Gasteiger partial charge in [0.15, 0.2) is 0 Å². The number of para-hydroxylation sites is 1. The Labute approximate surface area is 353 Å². The topological polar surface area (TPSA) is 153 Å². The summed E-state index contributed by atoms with van der Waals surface area (Å²) in [5.74, 6) is 0.154. The fourth-order valence-corrected chi connectivity index (χ4v) is 8.16. The Morgan fingerprint density at radius 1 is 0.780 bits per heavy atom. The molecule has 3 amide bonds. The molecule has 1 heterocycles. The van der Waals surface area contributed by atoms with Crippen LogP contribution in [-0.4, -0.2) is 88.4 Å². The summed E-state index contributed by atoms with van der Waals surface area (Å²) >= 11 is 0. The van der Waals surface area contributed by atoms with Crippen molar-refractivity contribution in [2.75, 3.05) is 40.5 Å². The average molecular weight is 841 g/mol. The first-order chi connectivity index (χ1) is 28.6. The van der Waals surface area contributed by atoms with Crippen molar-refractivity contribution >= 4 is 28.3 Å². The first kappa shape index (κ1) is 49.0. The number of amides is 3. The third kappa shape index (κ3) is 18.2. The van der Waals surface area contributed by atoms with E-state index in [9.17, 15) is 22.8 Å². The van der Waals surface area contributed by atoms with Crippen LogP contribution in [0.3, 0.4) is 0 Å². The fraction of sp³-hybridized carbons (Fsp3) is 0.578. The van der Waals surface area contributed by atoms with Crippen LogP contribution in [0.4, 0.5) is 9.59 Å². The monoisotopic (exact) mass is 840 g/mol. The van der Waals surface area contributed by atoms with Gasteiger partial charge in [-0.15, -0.1) is 0 Å². The molecule has 2 aromatic carbocycles. The van der Waals surface area contributed by atoms with Gasteiger partial charge in [0, 0.05) is 25.4 Å². The number of nitrogens with zero attached hydrogens (tertiary/aromatic N) is 2. The second-order valence-electron chi connectivity index (χ2n) is 14.9. The van der Waals surface area contributed by atoms with E-state index in [1.807, 2.05) is 19.1 Å². The second kappa shape index (κ2) is 28.1. The number of alkyl carbamates (subject to hydrolysis) is 1.